The Hall–Kier alpha value is -1.83. The van der Waals surface area contributed by atoms with Crippen molar-refractivity contribution in [3.8, 4) is 22.9 Å². The molecule has 0 fully saturated rings. The fourth-order valence-corrected chi connectivity index (χ4v) is 2.52. The molecule has 6 heteroatoms. The Morgan fingerprint density at radius 2 is 1.79 bits per heavy atom. The average molecular weight is 367 g/mol. The number of fused-ring (bicyclic) bond motifs is 1. The van der Waals surface area contributed by atoms with Crippen molar-refractivity contribution >= 4 is 28.2 Å². The smallest absolute Gasteiger partial charge is 0.219 e. The number of hydrogen-bond acceptors (Lipinski definition) is 4. The first kappa shape index (κ1) is 12.2. The molecular formula is C13H10IN3O2. The predicted octanol–water partition coefficient (Wildman–Crippen LogP) is 2.72. The van der Waals surface area contributed by atoms with E-state index in [9.17, 15) is 10.2 Å². The molecule has 5 nitrogen and oxygen atoms in total. The van der Waals surface area contributed by atoms with Gasteiger partial charge in [-0.15, -0.1) is 0 Å². The summed E-state index contributed by atoms with van der Waals surface area (Å²) in [5.41, 5.74) is 2.79. The number of benzene rings is 1. The third-order valence-electron chi connectivity index (χ3n) is 2.87. The van der Waals surface area contributed by atoms with Crippen LogP contribution in [-0.4, -0.2) is 24.6 Å². The standard InChI is InChI=1S/C13H10IN3O2/c1-7-13(19)17-6-10(16-11(14)12(17)15-7)8-2-4-9(18)5-3-8/h2-6,18-19H,1H3. The molecule has 0 bridgehead atoms. The molecule has 0 aliphatic heterocycles. The van der Waals surface area contributed by atoms with Gasteiger partial charge in [0.05, 0.1) is 5.69 Å². The van der Waals surface area contributed by atoms with Gasteiger partial charge in [0.1, 0.15) is 15.1 Å². The molecule has 0 spiro atoms. The maximum Gasteiger partial charge on any atom is 0.219 e. The molecule has 0 aliphatic carbocycles. The molecule has 3 aromatic rings. The Labute approximate surface area is 122 Å². The Morgan fingerprint density at radius 3 is 2.47 bits per heavy atom. The van der Waals surface area contributed by atoms with Gasteiger partial charge in [-0.25, -0.2) is 9.97 Å². The van der Waals surface area contributed by atoms with Gasteiger partial charge in [0.2, 0.25) is 5.88 Å². The first-order chi connectivity index (χ1) is 9.06. The fraction of sp³-hybridized carbons (Fsp3) is 0.0769. The lowest BCUT2D eigenvalue weighted by Gasteiger charge is -2.04. The molecule has 2 aromatic heterocycles. The monoisotopic (exact) mass is 367 g/mol. The second kappa shape index (κ2) is 4.37. The minimum atomic E-state index is 0.121. The van der Waals surface area contributed by atoms with Crippen LogP contribution in [-0.2, 0) is 0 Å². The van der Waals surface area contributed by atoms with Crippen molar-refractivity contribution < 1.29 is 10.2 Å². The van der Waals surface area contributed by atoms with Crippen LogP contribution in [0.2, 0.25) is 0 Å². The van der Waals surface area contributed by atoms with Crippen LogP contribution in [0.5, 0.6) is 11.6 Å². The highest BCUT2D eigenvalue weighted by Crippen LogP contribution is 2.26. The van der Waals surface area contributed by atoms with E-state index in [0.717, 1.165) is 5.56 Å². The maximum atomic E-state index is 9.97. The number of aryl methyl sites for hydroxylation is 1. The number of phenols is 1. The summed E-state index contributed by atoms with van der Waals surface area (Å²) < 4.78 is 2.33. The number of rotatable bonds is 1. The van der Waals surface area contributed by atoms with Gasteiger partial charge in [0.15, 0.2) is 5.65 Å². The molecule has 2 heterocycles. The highest BCUT2D eigenvalue weighted by Gasteiger charge is 2.13. The fourth-order valence-electron chi connectivity index (χ4n) is 1.88. The maximum absolute atomic E-state index is 9.97. The third kappa shape index (κ3) is 2.01. The van der Waals surface area contributed by atoms with E-state index in [-0.39, 0.29) is 11.6 Å². The molecular weight excluding hydrogens is 357 g/mol. The van der Waals surface area contributed by atoms with Gasteiger partial charge in [0.25, 0.3) is 0 Å². The van der Waals surface area contributed by atoms with Crippen molar-refractivity contribution in [1.29, 1.82) is 0 Å². The summed E-state index contributed by atoms with van der Waals surface area (Å²) >= 11 is 2.09. The van der Waals surface area contributed by atoms with E-state index < -0.39 is 0 Å². The number of aromatic hydroxyl groups is 2. The average Bonchev–Trinajstić information content (AvgIpc) is 2.68. The van der Waals surface area contributed by atoms with Crippen LogP contribution in [0.25, 0.3) is 16.9 Å². The minimum Gasteiger partial charge on any atom is -0.508 e. The predicted molar refractivity (Wildman–Crippen MR) is 79.2 cm³/mol. The SMILES string of the molecule is Cc1nc2c(I)nc(-c3ccc(O)cc3)cn2c1O. The van der Waals surface area contributed by atoms with Crippen molar-refractivity contribution in [2.45, 2.75) is 6.92 Å². The summed E-state index contributed by atoms with van der Waals surface area (Å²) in [6.07, 6.45) is 1.74. The Kier molecular flexibility index (Phi) is 2.81. The quantitative estimate of drug-likeness (QED) is 0.649. The van der Waals surface area contributed by atoms with Gasteiger partial charge in [-0.3, -0.25) is 4.40 Å². The molecule has 0 amide bonds. The molecule has 0 saturated carbocycles. The number of nitrogens with zero attached hydrogens (tertiary/aromatic N) is 3. The van der Waals surface area contributed by atoms with Crippen molar-refractivity contribution in [2.75, 3.05) is 0 Å². The van der Waals surface area contributed by atoms with Crippen molar-refractivity contribution in [3.05, 3.63) is 39.9 Å². The topological polar surface area (TPSA) is 70.7 Å². The summed E-state index contributed by atoms with van der Waals surface area (Å²) in [4.78, 5) is 8.73. The molecule has 0 saturated heterocycles. The lowest BCUT2D eigenvalue weighted by molar-refractivity contribution is 0.444. The summed E-state index contributed by atoms with van der Waals surface area (Å²) in [5.74, 6) is 0.330. The molecule has 3 rings (SSSR count). The zero-order valence-electron chi connectivity index (χ0n) is 10.0. The van der Waals surface area contributed by atoms with Gasteiger partial charge in [-0.05, 0) is 53.8 Å². The summed E-state index contributed by atoms with van der Waals surface area (Å²) in [5, 5.41) is 19.3. The molecule has 1 aromatic carbocycles. The van der Waals surface area contributed by atoms with E-state index in [0.29, 0.717) is 20.7 Å². The van der Waals surface area contributed by atoms with Crippen LogP contribution in [0.15, 0.2) is 30.5 Å². The molecule has 19 heavy (non-hydrogen) atoms. The van der Waals surface area contributed by atoms with Gasteiger partial charge in [0, 0.05) is 11.8 Å². The second-order valence-electron chi connectivity index (χ2n) is 4.18. The summed E-state index contributed by atoms with van der Waals surface area (Å²) in [6.45, 7) is 1.75. The highest BCUT2D eigenvalue weighted by atomic mass is 127. The lowest BCUT2D eigenvalue weighted by Crippen LogP contribution is -1.95. The van der Waals surface area contributed by atoms with Gasteiger partial charge in [-0.2, -0.15) is 0 Å². The molecule has 0 unspecified atom stereocenters. The lowest BCUT2D eigenvalue weighted by atomic mass is 10.1. The molecule has 2 N–H and O–H groups in total. The van der Waals surface area contributed by atoms with E-state index in [4.69, 9.17) is 0 Å². The van der Waals surface area contributed by atoms with Gasteiger partial charge < -0.3 is 10.2 Å². The first-order valence-electron chi connectivity index (χ1n) is 5.60. The highest BCUT2D eigenvalue weighted by molar-refractivity contribution is 14.1. The normalized spacial score (nSPS) is 11.1. The first-order valence-corrected chi connectivity index (χ1v) is 6.67. The number of imidazole rings is 1. The molecule has 0 atom stereocenters. The molecule has 0 aliphatic rings. The van der Waals surface area contributed by atoms with E-state index in [1.54, 1.807) is 41.8 Å². The van der Waals surface area contributed by atoms with Crippen LogP contribution < -0.4 is 0 Å². The third-order valence-corrected chi connectivity index (χ3v) is 3.59. The van der Waals surface area contributed by atoms with Crippen LogP contribution >= 0.6 is 22.6 Å². The van der Waals surface area contributed by atoms with Crippen LogP contribution in [0.3, 0.4) is 0 Å². The number of halogens is 1. The number of hydrogen-bond donors (Lipinski definition) is 2. The summed E-state index contributed by atoms with van der Waals surface area (Å²) in [7, 11) is 0. The van der Waals surface area contributed by atoms with E-state index in [2.05, 4.69) is 32.6 Å². The zero-order valence-corrected chi connectivity index (χ0v) is 12.2. The molecule has 96 valence electrons. The van der Waals surface area contributed by atoms with Crippen LogP contribution in [0.1, 0.15) is 5.69 Å². The number of aromatic nitrogens is 3. The van der Waals surface area contributed by atoms with Crippen molar-refractivity contribution in [1.82, 2.24) is 14.4 Å². The van der Waals surface area contributed by atoms with Gasteiger partial charge >= 0.3 is 0 Å². The largest absolute Gasteiger partial charge is 0.508 e. The molecule has 0 radical (unpaired) electrons. The second-order valence-corrected chi connectivity index (χ2v) is 5.20. The van der Waals surface area contributed by atoms with E-state index >= 15 is 0 Å². The minimum absolute atomic E-state index is 0.121. The van der Waals surface area contributed by atoms with Gasteiger partial charge in [-0.1, -0.05) is 0 Å². The van der Waals surface area contributed by atoms with E-state index in [1.165, 1.54) is 0 Å². The zero-order chi connectivity index (χ0) is 13.6. The van der Waals surface area contributed by atoms with Crippen molar-refractivity contribution in [2.24, 2.45) is 0 Å². The van der Waals surface area contributed by atoms with Crippen molar-refractivity contribution in [3.63, 3.8) is 0 Å². The van der Waals surface area contributed by atoms with Crippen LogP contribution in [0.4, 0.5) is 0 Å². The Morgan fingerprint density at radius 1 is 1.11 bits per heavy atom. The number of phenolic OH excluding ortho intramolecular Hbond substituents is 1. The Balaban J connectivity index is 2.25. The van der Waals surface area contributed by atoms with E-state index in [1.807, 2.05) is 0 Å². The summed E-state index contributed by atoms with van der Waals surface area (Å²) in [6, 6.07) is 6.76. The van der Waals surface area contributed by atoms with Crippen LogP contribution in [0, 0.1) is 10.6 Å². The Bertz CT molecular complexity index is 766.